The Bertz CT molecular complexity index is 616. The molecule has 2 aromatic carbocycles. The van der Waals surface area contributed by atoms with Gasteiger partial charge >= 0.3 is 0 Å². The fourth-order valence-corrected chi connectivity index (χ4v) is 2.81. The fourth-order valence-electron chi connectivity index (χ4n) is 1.95. The van der Waals surface area contributed by atoms with Crippen molar-refractivity contribution in [3.8, 4) is 0 Å². The molecule has 0 spiro atoms. The first kappa shape index (κ1) is 16.0. The summed E-state index contributed by atoms with van der Waals surface area (Å²) < 4.78 is 0.861. The number of benzene rings is 2. The summed E-state index contributed by atoms with van der Waals surface area (Å²) in [5.74, 6) is 0. The third-order valence-corrected chi connectivity index (χ3v) is 5.17. The largest absolute Gasteiger partial charge is 0.377 e. The van der Waals surface area contributed by atoms with Gasteiger partial charge in [-0.3, -0.25) is 0 Å². The topological polar surface area (TPSA) is 12.0 Å². The molecular formula is C15H13BrCl3N. The summed E-state index contributed by atoms with van der Waals surface area (Å²) in [4.78, 5) is 0. The van der Waals surface area contributed by atoms with E-state index in [4.69, 9.17) is 34.8 Å². The molecule has 2 aromatic rings. The lowest BCUT2D eigenvalue weighted by Crippen LogP contribution is -2.10. The smallest absolute Gasteiger partial charge is 0.0595 e. The van der Waals surface area contributed by atoms with Crippen molar-refractivity contribution in [2.45, 2.75) is 19.4 Å². The minimum absolute atomic E-state index is 0.138. The lowest BCUT2D eigenvalue weighted by molar-refractivity contribution is 0.749. The van der Waals surface area contributed by atoms with Crippen molar-refractivity contribution in [1.29, 1.82) is 0 Å². The highest BCUT2D eigenvalue weighted by Crippen LogP contribution is 2.34. The third-order valence-electron chi connectivity index (χ3n) is 3.04. The van der Waals surface area contributed by atoms with E-state index in [1.807, 2.05) is 36.4 Å². The van der Waals surface area contributed by atoms with Crippen molar-refractivity contribution in [2.75, 3.05) is 5.32 Å². The zero-order valence-electron chi connectivity index (χ0n) is 10.8. The van der Waals surface area contributed by atoms with E-state index in [0.29, 0.717) is 15.1 Å². The fraction of sp³-hybridized carbons (Fsp3) is 0.200. The Kier molecular flexibility index (Phi) is 5.62. The molecule has 0 aliphatic heterocycles. The lowest BCUT2D eigenvalue weighted by atomic mass is 10.0. The van der Waals surface area contributed by atoms with Gasteiger partial charge in [-0.15, -0.1) is 0 Å². The van der Waals surface area contributed by atoms with Crippen molar-refractivity contribution in [1.82, 2.24) is 0 Å². The molecule has 0 heterocycles. The van der Waals surface area contributed by atoms with Crippen LogP contribution in [0.5, 0.6) is 0 Å². The Labute approximate surface area is 142 Å². The van der Waals surface area contributed by atoms with E-state index in [0.717, 1.165) is 22.1 Å². The normalized spacial score (nSPS) is 12.2. The number of rotatable bonds is 4. The summed E-state index contributed by atoms with van der Waals surface area (Å²) in [6.45, 7) is 2.11. The maximum absolute atomic E-state index is 6.11. The predicted octanol–water partition coefficient (Wildman–Crippen LogP) is 6.97. The summed E-state index contributed by atoms with van der Waals surface area (Å²) in [6, 6.07) is 11.6. The summed E-state index contributed by atoms with van der Waals surface area (Å²) >= 11 is 21.6. The van der Waals surface area contributed by atoms with E-state index in [1.54, 1.807) is 0 Å². The average molecular weight is 394 g/mol. The number of hydrogen-bond donors (Lipinski definition) is 1. The molecule has 0 aliphatic rings. The maximum Gasteiger partial charge on any atom is 0.0595 e. The molecular weight excluding hydrogens is 380 g/mol. The molecule has 2 rings (SSSR count). The number of hydrogen-bond acceptors (Lipinski definition) is 1. The number of nitrogens with one attached hydrogen (secondary N) is 1. The van der Waals surface area contributed by atoms with Gasteiger partial charge < -0.3 is 5.32 Å². The van der Waals surface area contributed by atoms with E-state index in [9.17, 15) is 0 Å². The number of anilines is 1. The van der Waals surface area contributed by atoms with Gasteiger partial charge in [-0.05, 0) is 52.2 Å². The molecule has 20 heavy (non-hydrogen) atoms. The summed E-state index contributed by atoms with van der Waals surface area (Å²) in [7, 11) is 0. The minimum Gasteiger partial charge on any atom is -0.377 e. The van der Waals surface area contributed by atoms with Crippen LogP contribution in [0.4, 0.5) is 5.69 Å². The number of halogens is 4. The first-order chi connectivity index (χ1) is 9.52. The van der Waals surface area contributed by atoms with Crippen LogP contribution in [0, 0.1) is 0 Å². The van der Waals surface area contributed by atoms with Gasteiger partial charge in [0.25, 0.3) is 0 Å². The highest BCUT2D eigenvalue weighted by Gasteiger charge is 2.13. The van der Waals surface area contributed by atoms with E-state index in [2.05, 4.69) is 28.2 Å². The Morgan fingerprint density at radius 1 is 1.05 bits per heavy atom. The van der Waals surface area contributed by atoms with Crippen LogP contribution in [-0.2, 0) is 0 Å². The van der Waals surface area contributed by atoms with Gasteiger partial charge in [0, 0.05) is 0 Å². The van der Waals surface area contributed by atoms with Gasteiger partial charge in [0.05, 0.1) is 31.3 Å². The molecule has 0 saturated carbocycles. The van der Waals surface area contributed by atoms with Crippen LogP contribution in [0.3, 0.4) is 0 Å². The molecule has 0 radical (unpaired) electrons. The van der Waals surface area contributed by atoms with Gasteiger partial charge in [0.2, 0.25) is 0 Å². The highest BCUT2D eigenvalue weighted by molar-refractivity contribution is 9.10. The monoisotopic (exact) mass is 391 g/mol. The van der Waals surface area contributed by atoms with Crippen LogP contribution in [0.15, 0.2) is 40.9 Å². The van der Waals surface area contributed by atoms with Crippen LogP contribution in [-0.4, -0.2) is 0 Å². The first-order valence-corrected chi connectivity index (χ1v) is 8.11. The highest BCUT2D eigenvalue weighted by atomic mass is 79.9. The van der Waals surface area contributed by atoms with Gasteiger partial charge in [-0.1, -0.05) is 53.9 Å². The molecule has 0 saturated heterocycles. The van der Waals surface area contributed by atoms with E-state index >= 15 is 0 Å². The Morgan fingerprint density at radius 3 is 2.45 bits per heavy atom. The molecule has 0 bridgehead atoms. The Hall–Kier alpha value is -0.410. The zero-order valence-corrected chi connectivity index (χ0v) is 14.6. The maximum atomic E-state index is 6.11. The van der Waals surface area contributed by atoms with Crippen molar-refractivity contribution < 1.29 is 0 Å². The zero-order chi connectivity index (χ0) is 14.7. The average Bonchev–Trinajstić information content (AvgIpc) is 2.44. The van der Waals surface area contributed by atoms with E-state index in [-0.39, 0.29) is 6.04 Å². The van der Waals surface area contributed by atoms with Crippen LogP contribution in [0.25, 0.3) is 0 Å². The molecule has 106 valence electrons. The molecule has 1 N–H and O–H groups in total. The minimum atomic E-state index is 0.138. The molecule has 0 amide bonds. The van der Waals surface area contributed by atoms with Crippen molar-refractivity contribution in [3.05, 3.63) is 61.5 Å². The van der Waals surface area contributed by atoms with Crippen LogP contribution >= 0.6 is 50.7 Å². The lowest BCUT2D eigenvalue weighted by Gasteiger charge is -2.20. The van der Waals surface area contributed by atoms with Crippen molar-refractivity contribution in [2.24, 2.45) is 0 Å². The first-order valence-electron chi connectivity index (χ1n) is 6.18. The molecule has 5 heteroatoms. The SMILES string of the molecule is CCC(Nc1cccc(Cl)c1Br)c1ccc(Cl)c(Cl)c1. The molecule has 0 fully saturated rings. The second-order valence-corrected chi connectivity index (χ2v) is 6.39. The van der Waals surface area contributed by atoms with Crippen LogP contribution in [0.2, 0.25) is 15.1 Å². The second-order valence-electron chi connectivity index (χ2n) is 4.38. The predicted molar refractivity (Wildman–Crippen MR) is 92.3 cm³/mol. The molecule has 0 aliphatic carbocycles. The van der Waals surface area contributed by atoms with Gasteiger partial charge in [-0.25, -0.2) is 0 Å². The van der Waals surface area contributed by atoms with Crippen LogP contribution in [0.1, 0.15) is 24.9 Å². The van der Waals surface area contributed by atoms with Gasteiger partial charge in [-0.2, -0.15) is 0 Å². The summed E-state index contributed by atoms with van der Waals surface area (Å²) in [5.41, 5.74) is 2.05. The molecule has 1 unspecified atom stereocenters. The van der Waals surface area contributed by atoms with Crippen molar-refractivity contribution in [3.63, 3.8) is 0 Å². The Morgan fingerprint density at radius 2 is 1.80 bits per heavy atom. The molecule has 0 aromatic heterocycles. The molecule has 1 atom stereocenters. The molecule has 1 nitrogen and oxygen atoms in total. The van der Waals surface area contributed by atoms with E-state index in [1.165, 1.54) is 0 Å². The van der Waals surface area contributed by atoms with Crippen molar-refractivity contribution >= 4 is 56.4 Å². The quantitative estimate of drug-likeness (QED) is 0.591. The van der Waals surface area contributed by atoms with E-state index < -0.39 is 0 Å². The third kappa shape index (κ3) is 3.62. The second kappa shape index (κ2) is 7.04. The summed E-state index contributed by atoms with van der Waals surface area (Å²) in [5, 5.41) is 5.28. The standard InChI is InChI=1S/C15H13BrCl3N/c1-2-13(9-6-7-10(17)12(19)8-9)20-14-5-3-4-11(18)15(14)16/h3-8,13,20H,2H2,1H3. The van der Waals surface area contributed by atoms with Gasteiger partial charge in [0.15, 0.2) is 0 Å². The van der Waals surface area contributed by atoms with Gasteiger partial charge in [0.1, 0.15) is 0 Å². The van der Waals surface area contributed by atoms with Crippen LogP contribution < -0.4 is 5.32 Å². The Balaban J connectivity index is 2.28. The summed E-state index contributed by atoms with van der Waals surface area (Å²) in [6.07, 6.45) is 0.914.